The molecule has 4 rings (SSSR count). The van der Waals surface area contributed by atoms with Crippen molar-refractivity contribution in [2.24, 2.45) is 0 Å². The minimum atomic E-state index is 0.250. The maximum atomic E-state index is 8.12. The number of benzene rings is 1. The highest BCUT2D eigenvalue weighted by Crippen LogP contribution is 2.38. The van der Waals surface area contributed by atoms with Crippen LogP contribution >= 0.6 is 11.6 Å². The van der Waals surface area contributed by atoms with Gasteiger partial charge in [0.2, 0.25) is 0 Å². The standard InChI is InChI=1S/C19H16ClN3.CO2/c1-11-7-14-8-15-17(18(14)21-10-11)19(20)23-16(22-15)9-13-6-4-3-5-12(13)2;2-1-3/h3-7,10H,8-9H2,1-2H3;. The Balaban J connectivity index is 0.000000613. The Morgan fingerprint density at radius 3 is 2.62 bits per heavy atom. The first kappa shape index (κ1) is 17.9. The zero-order chi connectivity index (χ0) is 18.7. The summed E-state index contributed by atoms with van der Waals surface area (Å²) in [5, 5.41) is 0.508. The Morgan fingerprint density at radius 2 is 1.88 bits per heavy atom. The maximum Gasteiger partial charge on any atom is 0.373 e. The number of rotatable bonds is 2. The molecule has 0 fully saturated rings. The highest BCUT2D eigenvalue weighted by atomic mass is 35.5. The van der Waals surface area contributed by atoms with Crippen LogP contribution in [0.4, 0.5) is 0 Å². The van der Waals surface area contributed by atoms with E-state index >= 15 is 0 Å². The van der Waals surface area contributed by atoms with Gasteiger partial charge in [0.05, 0.1) is 17.0 Å². The summed E-state index contributed by atoms with van der Waals surface area (Å²) in [6, 6.07) is 10.5. The van der Waals surface area contributed by atoms with E-state index < -0.39 is 0 Å². The Labute approximate surface area is 156 Å². The smallest absolute Gasteiger partial charge is 0.255 e. The van der Waals surface area contributed by atoms with Gasteiger partial charge in [-0.2, -0.15) is 9.59 Å². The molecule has 3 aromatic rings. The summed E-state index contributed by atoms with van der Waals surface area (Å²) in [4.78, 5) is 30.1. The first-order valence-electron chi connectivity index (χ1n) is 8.08. The van der Waals surface area contributed by atoms with Crippen LogP contribution in [0.3, 0.4) is 0 Å². The van der Waals surface area contributed by atoms with Gasteiger partial charge in [-0.1, -0.05) is 41.9 Å². The normalized spacial score (nSPS) is 11.0. The van der Waals surface area contributed by atoms with Crippen LogP contribution < -0.4 is 0 Å². The second-order valence-electron chi connectivity index (χ2n) is 6.14. The molecule has 0 radical (unpaired) electrons. The van der Waals surface area contributed by atoms with Gasteiger partial charge in [-0.15, -0.1) is 0 Å². The largest absolute Gasteiger partial charge is 0.373 e. The summed E-state index contributed by atoms with van der Waals surface area (Å²) >= 11 is 6.46. The van der Waals surface area contributed by atoms with Crippen molar-refractivity contribution in [3.05, 3.63) is 75.5 Å². The molecule has 2 heterocycles. The minimum Gasteiger partial charge on any atom is -0.255 e. The van der Waals surface area contributed by atoms with Crippen LogP contribution in [0.1, 0.15) is 33.8 Å². The molecule has 0 unspecified atom stereocenters. The number of carbonyl (C=O) groups excluding carboxylic acids is 2. The third kappa shape index (κ3) is 3.54. The molecule has 0 atom stereocenters. The van der Waals surface area contributed by atoms with Crippen molar-refractivity contribution in [2.75, 3.05) is 0 Å². The number of pyridine rings is 1. The van der Waals surface area contributed by atoms with E-state index in [1.54, 1.807) is 0 Å². The van der Waals surface area contributed by atoms with Crippen molar-refractivity contribution in [1.82, 2.24) is 15.0 Å². The Bertz CT molecular complexity index is 1010. The van der Waals surface area contributed by atoms with Gasteiger partial charge < -0.3 is 0 Å². The average Bonchev–Trinajstić information content (AvgIpc) is 2.95. The first-order chi connectivity index (χ1) is 12.5. The summed E-state index contributed by atoms with van der Waals surface area (Å²) in [5.41, 5.74) is 7.63. The van der Waals surface area contributed by atoms with Crippen molar-refractivity contribution in [1.29, 1.82) is 0 Å². The minimum absolute atomic E-state index is 0.250. The van der Waals surface area contributed by atoms with Crippen LogP contribution in [0.5, 0.6) is 0 Å². The van der Waals surface area contributed by atoms with Crippen molar-refractivity contribution in [3.63, 3.8) is 0 Å². The second-order valence-corrected chi connectivity index (χ2v) is 6.49. The number of halogens is 1. The topological polar surface area (TPSA) is 72.8 Å². The third-order valence-corrected chi connectivity index (χ3v) is 4.57. The second kappa shape index (κ2) is 7.56. The molecule has 1 aromatic carbocycles. The highest BCUT2D eigenvalue weighted by Gasteiger charge is 2.25. The molecule has 0 bridgehead atoms. The van der Waals surface area contributed by atoms with Gasteiger partial charge in [0.1, 0.15) is 11.0 Å². The summed E-state index contributed by atoms with van der Waals surface area (Å²) in [5.74, 6) is 0.771. The number of nitrogens with zero attached hydrogens (tertiary/aromatic N) is 3. The number of aromatic nitrogens is 3. The van der Waals surface area contributed by atoms with E-state index in [1.165, 1.54) is 16.7 Å². The number of fused-ring (bicyclic) bond motifs is 3. The highest BCUT2D eigenvalue weighted by molar-refractivity contribution is 6.32. The molecule has 6 heteroatoms. The SMILES string of the molecule is Cc1cnc2c(c1)Cc1nc(Cc3ccccc3C)nc(Cl)c1-2.O=C=O. The van der Waals surface area contributed by atoms with Crippen molar-refractivity contribution in [2.45, 2.75) is 26.7 Å². The van der Waals surface area contributed by atoms with Gasteiger partial charge in [0, 0.05) is 19.0 Å². The molecule has 5 nitrogen and oxygen atoms in total. The molecule has 26 heavy (non-hydrogen) atoms. The Hall–Kier alpha value is -2.88. The molecular formula is C20H16ClN3O2. The Morgan fingerprint density at radius 1 is 1.15 bits per heavy atom. The fourth-order valence-corrected chi connectivity index (χ4v) is 3.41. The lowest BCUT2D eigenvalue weighted by molar-refractivity contribution is -0.191. The van der Waals surface area contributed by atoms with Gasteiger partial charge in [-0.3, -0.25) is 4.98 Å². The van der Waals surface area contributed by atoms with Gasteiger partial charge in [-0.25, -0.2) is 9.97 Å². The molecule has 1 aliphatic carbocycles. The maximum absolute atomic E-state index is 8.12. The predicted octanol–water partition coefficient (Wildman–Crippen LogP) is 3.72. The monoisotopic (exact) mass is 365 g/mol. The summed E-state index contributed by atoms with van der Waals surface area (Å²) in [6.07, 6.45) is 3.59. The summed E-state index contributed by atoms with van der Waals surface area (Å²) in [7, 11) is 0. The molecule has 130 valence electrons. The molecule has 0 saturated carbocycles. The molecule has 2 aromatic heterocycles. The lowest BCUT2D eigenvalue weighted by atomic mass is 10.1. The van der Waals surface area contributed by atoms with Crippen molar-refractivity contribution < 1.29 is 9.59 Å². The lowest BCUT2D eigenvalue weighted by Gasteiger charge is -2.08. The van der Waals surface area contributed by atoms with Crippen LogP contribution in [-0.2, 0) is 22.4 Å². The van der Waals surface area contributed by atoms with Crippen LogP contribution in [0, 0.1) is 13.8 Å². The molecule has 0 saturated heterocycles. The van der Waals surface area contributed by atoms with Gasteiger partial charge >= 0.3 is 6.15 Å². The fraction of sp³-hybridized carbons (Fsp3) is 0.200. The zero-order valence-electron chi connectivity index (χ0n) is 14.4. The van der Waals surface area contributed by atoms with Crippen LogP contribution in [0.15, 0.2) is 36.5 Å². The summed E-state index contributed by atoms with van der Waals surface area (Å²) in [6.45, 7) is 4.15. The van der Waals surface area contributed by atoms with E-state index in [0.29, 0.717) is 11.6 Å². The van der Waals surface area contributed by atoms with E-state index in [2.05, 4.69) is 35.1 Å². The molecule has 0 spiro atoms. The van der Waals surface area contributed by atoms with E-state index in [9.17, 15) is 0 Å². The Kier molecular flexibility index (Phi) is 5.21. The average molecular weight is 366 g/mol. The lowest BCUT2D eigenvalue weighted by Crippen LogP contribution is -2.02. The van der Waals surface area contributed by atoms with E-state index in [-0.39, 0.29) is 6.15 Å². The van der Waals surface area contributed by atoms with Crippen LogP contribution in [0.2, 0.25) is 5.15 Å². The van der Waals surface area contributed by atoms with Gasteiger partial charge in [-0.05, 0) is 36.1 Å². The predicted molar refractivity (Wildman–Crippen MR) is 96.8 cm³/mol. The zero-order valence-corrected chi connectivity index (χ0v) is 15.2. The molecular weight excluding hydrogens is 350 g/mol. The van der Waals surface area contributed by atoms with E-state index in [0.717, 1.165) is 34.8 Å². The van der Waals surface area contributed by atoms with Crippen molar-refractivity contribution in [3.8, 4) is 11.3 Å². The fourth-order valence-electron chi connectivity index (χ4n) is 3.12. The van der Waals surface area contributed by atoms with E-state index in [1.807, 2.05) is 25.3 Å². The van der Waals surface area contributed by atoms with E-state index in [4.69, 9.17) is 26.2 Å². The van der Waals surface area contributed by atoms with Crippen LogP contribution in [0.25, 0.3) is 11.3 Å². The van der Waals surface area contributed by atoms with Crippen molar-refractivity contribution >= 4 is 17.8 Å². The first-order valence-corrected chi connectivity index (χ1v) is 8.46. The molecule has 0 aliphatic heterocycles. The third-order valence-electron chi connectivity index (χ3n) is 4.29. The molecule has 1 aliphatic rings. The number of hydrogen-bond acceptors (Lipinski definition) is 5. The van der Waals surface area contributed by atoms with Gasteiger partial charge in [0.15, 0.2) is 0 Å². The quantitative estimate of drug-likeness (QED) is 0.506. The summed E-state index contributed by atoms with van der Waals surface area (Å²) < 4.78 is 0. The number of aryl methyl sites for hydroxylation is 2. The number of hydrogen-bond donors (Lipinski definition) is 0. The molecule has 0 N–H and O–H groups in total. The van der Waals surface area contributed by atoms with Gasteiger partial charge in [0.25, 0.3) is 0 Å². The molecule has 0 amide bonds. The van der Waals surface area contributed by atoms with Crippen LogP contribution in [-0.4, -0.2) is 21.1 Å².